The molecular formula is C15H20FN3O2. The molecular weight excluding hydrogens is 273 g/mol. The number of carbonyl (C=O) groups is 1. The van der Waals surface area contributed by atoms with E-state index in [1.54, 1.807) is 10.6 Å². The number of hydrogen-bond donors (Lipinski definition) is 1. The largest absolute Gasteiger partial charge is 0.480 e. The third kappa shape index (κ3) is 2.76. The fraction of sp³-hybridized carbons (Fsp3) is 0.467. The minimum Gasteiger partial charge on any atom is -0.480 e. The van der Waals surface area contributed by atoms with Crippen LogP contribution in [-0.2, 0) is 4.79 Å². The first-order chi connectivity index (χ1) is 9.86. The molecule has 2 atom stereocenters. The van der Waals surface area contributed by atoms with Crippen LogP contribution in [0.25, 0.3) is 11.0 Å². The predicted molar refractivity (Wildman–Crippen MR) is 78.8 cm³/mol. The minimum absolute atomic E-state index is 0.0751. The fourth-order valence-corrected chi connectivity index (χ4v) is 2.41. The van der Waals surface area contributed by atoms with Crippen LogP contribution < -0.4 is 0 Å². The Morgan fingerprint density at radius 2 is 2.14 bits per heavy atom. The van der Waals surface area contributed by atoms with Gasteiger partial charge in [0.15, 0.2) is 0 Å². The molecule has 0 bridgehead atoms. The van der Waals surface area contributed by atoms with Gasteiger partial charge < -0.3 is 9.67 Å². The Morgan fingerprint density at radius 3 is 2.67 bits per heavy atom. The third-order valence-electron chi connectivity index (χ3n) is 3.81. The number of hydrogen-bond acceptors (Lipinski definition) is 3. The molecule has 1 aromatic carbocycles. The van der Waals surface area contributed by atoms with E-state index in [2.05, 4.69) is 4.98 Å². The van der Waals surface area contributed by atoms with Gasteiger partial charge in [-0.1, -0.05) is 6.92 Å². The summed E-state index contributed by atoms with van der Waals surface area (Å²) in [5.41, 5.74) is 1.13. The second kappa shape index (κ2) is 5.81. The van der Waals surface area contributed by atoms with Gasteiger partial charge in [-0.15, -0.1) is 0 Å². The number of imidazole rings is 1. The van der Waals surface area contributed by atoms with Gasteiger partial charge in [-0.3, -0.25) is 4.90 Å². The van der Waals surface area contributed by atoms with E-state index in [4.69, 9.17) is 0 Å². The summed E-state index contributed by atoms with van der Waals surface area (Å²) in [6.45, 7) is 3.76. The van der Waals surface area contributed by atoms with Gasteiger partial charge in [0.2, 0.25) is 0 Å². The van der Waals surface area contributed by atoms with Crippen molar-refractivity contribution in [2.45, 2.75) is 32.4 Å². The highest BCUT2D eigenvalue weighted by molar-refractivity contribution is 5.80. The van der Waals surface area contributed by atoms with Crippen molar-refractivity contribution < 1.29 is 14.3 Å². The van der Waals surface area contributed by atoms with E-state index < -0.39 is 12.0 Å². The maximum Gasteiger partial charge on any atom is 0.326 e. The average Bonchev–Trinajstić information content (AvgIpc) is 2.76. The second-order valence-corrected chi connectivity index (χ2v) is 5.37. The first kappa shape index (κ1) is 15.4. The van der Waals surface area contributed by atoms with Gasteiger partial charge in [-0.2, -0.15) is 0 Å². The lowest BCUT2D eigenvalue weighted by molar-refractivity contribution is -0.141. The molecule has 0 aliphatic carbocycles. The number of rotatable bonds is 5. The molecule has 0 spiro atoms. The summed E-state index contributed by atoms with van der Waals surface area (Å²) in [5.74, 6) is -0.650. The van der Waals surface area contributed by atoms with Gasteiger partial charge in [0.05, 0.1) is 17.1 Å². The van der Waals surface area contributed by atoms with E-state index >= 15 is 0 Å². The van der Waals surface area contributed by atoms with Crippen LogP contribution in [0.15, 0.2) is 18.2 Å². The average molecular weight is 293 g/mol. The summed E-state index contributed by atoms with van der Waals surface area (Å²) in [7, 11) is 3.80. The molecule has 0 aliphatic rings. The maximum absolute atomic E-state index is 13.4. The highest BCUT2D eigenvalue weighted by Crippen LogP contribution is 2.29. The van der Waals surface area contributed by atoms with Gasteiger partial charge in [-0.25, -0.2) is 14.2 Å². The van der Waals surface area contributed by atoms with Crippen molar-refractivity contribution in [1.29, 1.82) is 0 Å². The monoisotopic (exact) mass is 293 g/mol. The number of fused-ring (bicyclic) bond motifs is 1. The molecule has 21 heavy (non-hydrogen) atoms. The highest BCUT2D eigenvalue weighted by Gasteiger charge is 2.26. The van der Waals surface area contributed by atoms with Gasteiger partial charge in [0, 0.05) is 6.07 Å². The van der Waals surface area contributed by atoms with Crippen LogP contribution >= 0.6 is 0 Å². The van der Waals surface area contributed by atoms with E-state index in [9.17, 15) is 14.3 Å². The first-order valence-corrected chi connectivity index (χ1v) is 6.93. The normalized spacial score (nSPS) is 14.6. The summed E-state index contributed by atoms with van der Waals surface area (Å²) in [6.07, 6.45) is 0.436. The van der Waals surface area contributed by atoms with E-state index in [0.717, 1.165) is 0 Å². The predicted octanol–water partition coefficient (Wildman–Crippen LogP) is 2.83. The number of aliphatic carboxylic acids is 1. The molecule has 2 aromatic rings. The SMILES string of the molecule is CCC(C(=O)O)n1c(C(C)N(C)C)nc2cc(F)ccc21. The Balaban J connectivity index is 2.73. The number of benzene rings is 1. The van der Waals surface area contributed by atoms with Crippen LogP contribution in [-0.4, -0.2) is 39.6 Å². The van der Waals surface area contributed by atoms with Crippen molar-refractivity contribution in [3.05, 3.63) is 29.8 Å². The molecule has 1 heterocycles. The van der Waals surface area contributed by atoms with Gasteiger partial charge in [-0.05, 0) is 39.6 Å². The Bertz CT molecular complexity index is 666. The molecule has 1 N–H and O–H groups in total. The van der Waals surface area contributed by atoms with Crippen molar-refractivity contribution in [2.75, 3.05) is 14.1 Å². The molecule has 0 fully saturated rings. The molecule has 0 amide bonds. The standard InChI is InChI=1S/C15H20FN3O2/c1-5-12(15(20)21)19-13-7-6-10(16)8-11(13)17-14(19)9(2)18(3)4/h6-9,12H,5H2,1-4H3,(H,20,21). The Morgan fingerprint density at radius 1 is 1.48 bits per heavy atom. The van der Waals surface area contributed by atoms with Crippen molar-refractivity contribution in [3.8, 4) is 0 Å². The number of carboxylic acid groups (broad SMARTS) is 1. The van der Waals surface area contributed by atoms with Crippen molar-refractivity contribution in [2.24, 2.45) is 0 Å². The number of nitrogens with zero attached hydrogens (tertiary/aromatic N) is 3. The number of carboxylic acids is 1. The van der Waals surface area contributed by atoms with Crippen LogP contribution in [0.2, 0.25) is 0 Å². The molecule has 0 saturated carbocycles. The van der Waals surface area contributed by atoms with E-state index in [1.165, 1.54) is 12.1 Å². The van der Waals surface area contributed by atoms with Crippen molar-refractivity contribution in [1.82, 2.24) is 14.5 Å². The molecule has 5 nitrogen and oxygen atoms in total. The molecule has 0 aliphatic heterocycles. The van der Waals surface area contributed by atoms with Crippen LogP contribution in [0, 0.1) is 5.82 Å². The Hall–Kier alpha value is -1.95. The minimum atomic E-state index is -0.909. The zero-order valence-corrected chi connectivity index (χ0v) is 12.7. The quantitative estimate of drug-likeness (QED) is 0.921. The molecule has 1 aromatic heterocycles. The third-order valence-corrected chi connectivity index (χ3v) is 3.81. The summed E-state index contributed by atoms with van der Waals surface area (Å²) in [5, 5.41) is 9.47. The maximum atomic E-state index is 13.4. The fourth-order valence-electron chi connectivity index (χ4n) is 2.41. The summed E-state index contributed by atoms with van der Waals surface area (Å²) < 4.78 is 15.1. The molecule has 2 unspecified atom stereocenters. The lowest BCUT2D eigenvalue weighted by Gasteiger charge is -2.23. The Kier molecular flexibility index (Phi) is 4.27. The molecule has 6 heteroatoms. The van der Waals surface area contributed by atoms with Gasteiger partial charge in [0.1, 0.15) is 17.7 Å². The topological polar surface area (TPSA) is 58.4 Å². The van der Waals surface area contributed by atoms with E-state index in [-0.39, 0.29) is 11.9 Å². The second-order valence-electron chi connectivity index (χ2n) is 5.37. The van der Waals surface area contributed by atoms with E-state index in [0.29, 0.717) is 23.3 Å². The molecule has 0 radical (unpaired) electrons. The number of halogens is 1. The number of aromatic nitrogens is 2. The van der Waals surface area contributed by atoms with Crippen LogP contribution in [0.3, 0.4) is 0 Å². The lowest BCUT2D eigenvalue weighted by Crippen LogP contribution is -2.26. The molecule has 2 rings (SSSR count). The van der Waals surface area contributed by atoms with Gasteiger partial charge >= 0.3 is 5.97 Å². The molecule has 114 valence electrons. The van der Waals surface area contributed by atoms with Gasteiger partial charge in [0.25, 0.3) is 0 Å². The lowest BCUT2D eigenvalue weighted by atomic mass is 10.2. The summed E-state index contributed by atoms with van der Waals surface area (Å²) >= 11 is 0. The highest BCUT2D eigenvalue weighted by atomic mass is 19.1. The zero-order valence-electron chi connectivity index (χ0n) is 12.7. The summed E-state index contributed by atoms with van der Waals surface area (Å²) in [4.78, 5) is 18.0. The van der Waals surface area contributed by atoms with Crippen LogP contribution in [0.1, 0.15) is 38.2 Å². The Labute approximate surface area is 123 Å². The molecule has 0 saturated heterocycles. The zero-order chi connectivity index (χ0) is 15.7. The van der Waals surface area contributed by atoms with Crippen LogP contribution in [0.5, 0.6) is 0 Å². The van der Waals surface area contributed by atoms with Crippen molar-refractivity contribution >= 4 is 17.0 Å². The van der Waals surface area contributed by atoms with E-state index in [1.807, 2.05) is 32.8 Å². The van der Waals surface area contributed by atoms with Crippen molar-refractivity contribution in [3.63, 3.8) is 0 Å². The summed E-state index contributed by atoms with van der Waals surface area (Å²) in [6, 6.07) is 3.48. The first-order valence-electron chi connectivity index (χ1n) is 6.93. The van der Waals surface area contributed by atoms with Crippen LogP contribution in [0.4, 0.5) is 4.39 Å². The smallest absolute Gasteiger partial charge is 0.326 e.